The van der Waals surface area contributed by atoms with Crippen LogP contribution in [0.2, 0.25) is 0 Å². The molecule has 0 aliphatic rings. The zero-order chi connectivity index (χ0) is 23.8. The van der Waals surface area contributed by atoms with Gasteiger partial charge in [-0.15, -0.1) is 11.3 Å². The van der Waals surface area contributed by atoms with Gasteiger partial charge in [-0.05, 0) is 55.0 Å². The van der Waals surface area contributed by atoms with Gasteiger partial charge in [-0.1, -0.05) is 12.1 Å². The Kier molecular flexibility index (Phi) is 5.62. The van der Waals surface area contributed by atoms with Crippen LogP contribution in [0.1, 0.15) is 32.8 Å². The molecule has 0 aliphatic carbocycles. The van der Waals surface area contributed by atoms with Gasteiger partial charge in [0.25, 0.3) is 5.91 Å². The summed E-state index contributed by atoms with van der Waals surface area (Å²) in [7, 11) is 3.50. The molecule has 0 fully saturated rings. The lowest BCUT2D eigenvalue weighted by atomic mass is 10.1. The van der Waals surface area contributed by atoms with E-state index < -0.39 is 6.04 Å². The van der Waals surface area contributed by atoms with Crippen molar-refractivity contribution in [3.05, 3.63) is 94.8 Å². The summed E-state index contributed by atoms with van der Waals surface area (Å²) < 4.78 is 22.4. The normalized spacial score (nSPS) is 12.1. The highest BCUT2D eigenvalue weighted by atomic mass is 32.1. The van der Waals surface area contributed by atoms with E-state index in [4.69, 9.17) is 4.74 Å². The molecule has 1 atom stereocenters. The average Bonchev–Trinajstić information content (AvgIpc) is 3.55. The topological polar surface area (TPSA) is 74.0 Å². The van der Waals surface area contributed by atoms with Crippen molar-refractivity contribution < 1.29 is 13.9 Å². The number of ether oxygens (including phenoxy) is 1. The first-order valence-electron chi connectivity index (χ1n) is 10.6. The number of rotatable bonds is 6. The molecule has 1 amide bonds. The molecule has 2 aromatic carbocycles. The fraction of sp³-hybridized carbons (Fsp3) is 0.160. The average molecular weight is 476 g/mol. The molecular weight excluding hydrogens is 453 g/mol. The van der Waals surface area contributed by atoms with Gasteiger partial charge in [-0.25, -0.2) is 14.1 Å². The molecule has 0 aliphatic heterocycles. The molecule has 5 aromatic rings. The molecule has 0 bridgehead atoms. The largest absolute Gasteiger partial charge is 0.497 e. The predicted molar refractivity (Wildman–Crippen MR) is 129 cm³/mol. The number of hydrogen-bond acceptors (Lipinski definition) is 5. The van der Waals surface area contributed by atoms with Crippen molar-refractivity contribution in [3.8, 4) is 11.4 Å². The van der Waals surface area contributed by atoms with Crippen LogP contribution in [0.3, 0.4) is 0 Å². The second-order valence-electron chi connectivity index (χ2n) is 7.88. The highest BCUT2D eigenvalue weighted by Crippen LogP contribution is 2.31. The third kappa shape index (κ3) is 3.94. The summed E-state index contributed by atoms with van der Waals surface area (Å²) in [5.74, 6) is 0.870. The SMILES string of the molecule is COc1cccc(C(NC(=O)c2cc3c(C)nn(-c4ccc(F)cc4)c3s2)c2nccn2C)c1. The Morgan fingerprint density at radius 3 is 2.68 bits per heavy atom. The maximum atomic E-state index is 13.4. The summed E-state index contributed by atoms with van der Waals surface area (Å²) in [5.41, 5.74) is 2.38. The lowest BCUT2D eigenvalue weighted by molar-refractivity contribution is 0.0945. The minimum atomic E-state index is -0.470. The quantitative estimate of drug-likeness (QED) is 0.383. The van der Waals surface area contributed by atoms with Crippen LogP contribution in [-0.4, -0.2) is 32.3 Å². The third-order valence-electron chi connectivity index (χ3n) is 5.66. The molecule has 7 nitrogen and oxygen atoms in total. The summed E-state index contributed by atoms with van der Waals surface area (Å²) >= 11 is 1.34. The highest BCUT2D eigenvalue weighted by molar-refractivity contribution is 7.20. The van der Waals surface area contributed by atoms with E-state index in [-0.39, 0.29) is 11.7 Å². The highest BCUT2D eigenvalue weighted by Gasteiger charge is 2.24. The van der Waals surface area contributed by atoms with E-state index in [0.29, 0.717) is 16.5 Å². The van der Waals surface area contributed by atoms with Crippen molar-refractivity contribution in [2.24, 2.45) is 7.05 Å². The molecule has 3 aromatic heterocycles. The third-order valence-corrected chi connectivity index (χ3v) is 6.77. The lowest BCUT2D eigenvalue weighted by Crippen LogP contribution is -2.30. The van der Waals surface area contributed by atoms with Crippen molar-refractivity contribution in [2.45, 2.75) is 13.0 Å². The summed E-state index contributed by atoms with van der Waals surface area (Å²) in [6.07, 6.45) is 3.55. The van der Waals surface area contributed by atoms with Gasteiger partial charge in [-0.3, -0.25) is 4.79 Å². The van der Waals surface area contributed by atoms with Gasteiger partial charge in [0.1, 0.15) is 28.3 Å². The molecular formula is C25H22FN5O2S. The molecule has 5 rings (SSSR count). The lowest BCUT2D eigenvalue weighted by Gasteiger charge is -2.19. The fourth-order valence-electron chi connectivity index (χ4n) is 3.89. The van der Waals surface area contributed by atoms with Gasteiger partial charge in [-0.2, -0.15) is 5.10 Å². The van der Waals surface area contributed by atoms with Crippen LogP contribution in [0, 0.1) is 12.7 Å². The van der Waals surface area contributed by atoms with E-state index in [9.17, 15) is 9.18 Å². The molecule has 0 saturated heterocycles. The molecule has 0 radical (unpaired) electrons. The number of carbonyl (C=O) groups excluding carboxylic acids is 1. The van der Waals surface area contributed by atoms with Crippen LogP contribution in [0.15, 0.2) is 67.0 Å². The van der Waals surface area contributed by atoms with Crippen LogP contribution < -0.4 is 10.1 Å². The van der Waals surface area contributed by atoms with E-state index in [0.717, 1.165) is 27.2 Å². The van der Waals surface area contributed by atoms with Crippen molar-refractivity contribution >= 4 is 27.5 Å². The minimum Gasteiger partial charge on any atom is -0.497 e. The van der Waals surface area contributed by atoms with Crippen LogP contribution in [0.5, 0.6) is 5.75 Å². The van der Waals surface area contributed by atoms with Crippen LogP contribution in [0.4, 0.5) is 4.39 Å². The van der Waals surface area contributed by atoms with Gasteiger partial charge in [0.2, 0.25) is 0 Å². The number of benzene rings is 2. The van der Waals surface area contributed by atoms with E-state index in [2.05, 4.69) is 15.4 Å². The Hall–Kier alpha value is -3.98. The predicted octanol–water partition coefficient (Wildman–Crippen LogP) is 4.80. The zero-order valence-corrected chi connectivity index (χ0v) is 19.6. The van der Waals surface area contributed by atoms with Crippen molar-refractivity contribution in [1.29, 1.82) is 0 Å². The van der Waals surface area contributed by atoms with E-state index >= 15 is 0 Å². The fourth-order valence-corrected chi connectivity index (χ4v) is 4.98. The number of hydrogen-bond donors (Lipinski definition) is 1. The van der Waals surface area contributed by atoms with Gasteiger partial charge >= 0.3 is 0 Å². The molecule has 9 heteroatoms. The number of carbonyl (C=O) groups is 1. The molecule has 34 heavy (non-hydrogen) atoms. The second kappa shape index (κ2) is 8.75. The zero-order valence-electron chi connectivity index (χ0n) is 18.8. The summed E-state index contributed by atoms with van der Waals surface area (Å²) in [6.45, 7) is 1.89. The number of thiophene rings is 1. The van der Waals surface area contributed by atoms with E-state index in [1.54, 1.807) is 30.1 Å². The first kappa shape index (κ1) is 21.8. The maximum Gasteiger partial charge on any atom is 0.262 e. The molecule has 0 saturated carbocycles. The van der Waals surface area contributed by atoms with Gasteiger partial charge in [0, 0.05) is 24.8 Å². The number of nitrogens with one attached hydrogen (secondary N) is 1. The van der Waals surface area contributed by atoms with Crippen molar-refractivity contribution in [2.75, 3.05) is 7.11 Å². The summed E-state index contributed by atoms with van der Waals surface area (Å²) in [5, 5.41) is 8.59. The number of fused-ring (bicyclic) bond motifs is 1. The Balaban J connectivity index is 1.51. The van der Waals surface area contributed by atoms with Gasteiger partial charge in [0.15, 0.2) is 0 Å². The number of methoxy groups -OCH3 is 1. The number of aromatic nitrogens is 4. The number of halogens is 1. The molecule has 1 unspecified atom stereocenters. The maximum absolute atomic E-state index is 13.4. The van der Waals surface area contributed by atoms with Crippen LogP contribution in [0.25, 0.3) is 15.9 Å². The number of amides is 1. The van der Waals surface area contributed by atoms with Gasteiger partial charge in [0.05, 0.1) is 23.4 Å². The first-order valence-corrected chi connectivity index (χ1v) is 11.4. The van der Waals surface area contributed by atoms with E-state index in [1.807, 2.05) is 55.1 Å². The Morgan fingerprint density at radius 2 is 1.97 bits per heavy atom. The standard InChI is InChI=1S/C25H22FN5O2S/c1-15-20-14-21(34-25(20)31(29-15)18-9-7-17(26)8-10-18)24(32)28-22(23-27-11-12-30(23)2)16-5-4-6-19(13-16)33-3/h4-14,22H,1-3H3,(H,28,32). The van der Waals surface area contributed by atoms with Crippen molar-refractivity contribution in [3.63, 3.8) is 0 Å². The second-order valence-corrected chi connectivity index (χ2v) is 8.91. The summed E-state index contributed by atoms with van der Waals surface area (Å²) in [6, 6.07) is 15.1. The van der Waals surface area contributed by atoms with Crippen LogP contribution >= 0.6 is 11.3 Å². The number of imidazole rings is 1. The first-order chi connectivity index (χ1) is 16.4. The Morgan fingerprint density at radius 1 is 1.18 bits per heavy atom. The molecule has 172 valence electrons. The van der Waals surface area contributed by atoms with E-state index in [1.165, 1.54) is 23.5 Å². The monoisotopic (exact) mass is 475 g/mol. The number of nitrogens with zero attached hydrogens (tertiary/aromatic N) is 4. The minimum absolute atomic E-state index is 0.220. The Labute approximate surface area is 199 Å². The smallest absolute Gasteiger partial charge is 0.262 e. The Bertz CT molecular complexity index is 1490. The molecule has 3 heterocycles. The van der Waals surface area contributed by atoms with Crippen LogP contribution in [-0.2, 0) is 7.05 Å². The van der Waals surface area contributed by atoms with Crippen molar-refractivity contribution in [1.82, 2.24) is 24.6 Å². The number of aryl methyl sites for hydroxylation is 2. The molecule has 0 spiro atoms. The van der Waals surface area contributed by atoms with Gasteiger partial charge < -0.3 is 14.6 Å². The summed E-state index contributed by atoms with van der Waals surface area (Å²) in [4.78, 5) is 19.3. The molecule has 1 N–H and O–H groups in total.